The molecule has 0 unspecified atom stereocenters. The summed E-state index contributed by atoms with van der Waals surface area (Å²) in [5.74, 6) is 1.45. The first kappa shape index (κ1) is 13.3. The molecule has 1 aromatic carbocycles. The molecule has 2 fully saturated rings. The molecule has 0 bridgehead atoms. The van der Waals surface area contributed by atoms with Gasteiger partial charge in [-0.2, -0.15) is 0 Å². The average molecular weight is 280 g/mol. The molecule has 3 heteroatoms. The van der Waals surface area contributed by atoms with E-state index in [-0.39, 0.29) is 5.54 Å². The van der Waals surface area contributed by atoms with Gasteiger partial charge in [-0.05, 0) is 61.3 Å². The lowest BCUT2D eigenvalue weighted by Crippen LogP contribution is -2.43. The first-order valence-electron chi connectivity index (χ1n) is 7.31. The summed E-state index contributed by atoms with van der Waals surface area (Å²) in [5.41, 5.74) is 8.78. The molecule has 0 amide bonds. The SMILES string of the molecule is COc1c(Cl)cc(C2(N)CCC2)cc1C1CCCC1. The summed E-state index contributed by atoms with van der Waals surface area (Å²) in [6.45, 7) is 0. The van der Waals surface area contributed by atoms with Gasteiger partial charge in [0.05, 0.1) is 12.1 Å². The van der Waals surface area contributed by atoms with E-state index in [1.807, 2.05) is 6.07 Å². The van der Waals surface area contributed by atoms with Gasteiger partial charge >= 0.3 is 0 Å². The Bertz CT molecular complexity index is 476. The van der Waals surface area contributed by atoms with E-state index in [2.05, 4.69) is 6.07 Å². The van der Waals surface area contributed by atoms with E-state index in [1.165, 1.54) is 43.2 Å². The standard InChI is InChI=1S/C16H22ClNO/c1-19-15-13(11-5-2-3-6-11)9-12(10-14(15)17)16(18)7-4-8-16/h9-11H,2-8,18H2,1H3. The Hall–Kier alpha value is -0.730. The van der Waals surface area contributed by atoms with Crippen molar-refractivity contribution in [1.82, 2.24) is 0 Å². The molecule has 2 nitrogen and oxygen atoms in total. The van der Waals surface area contributed by atoms with Crippen LogP contribution in [0.1, 0.15) is 62.0 Å². The van der Waals surface area contributed by atoms with Gasteiger partial charge in [0.25, 0.3) is 0 Å². The third-order valence-electron chi connectivity index (χ3n) is 4.89. The highest BCUT2D eigenvalue weighted by molar-refractivity contribution is 6.32. The Morgan fingerprint density at radius 3 is 2.42 bits per heavy atom. The van der Waals surface area contributed by atoms with Gasteiger partial charge < -0.3 is 10.5 Å². The fourth-order valence-corrected chi connectivity index (χ4v) is 3.81. The molecule has 2 aliphatic rings. The summed E-state index contributed by atoms with van der Waals surface area (Å²) in [6, 6.07) is 4.28. The second kappa shape index (κ2) is 4.99. The van der Waals surface area contributed by atoms with Crippen LogP contribution in [0, 0.1) is 0 Å². The maximum Gasteiger partial charge on any atom is 0.140 e. The number of ether oxygens (including phenoxy) is 1. The largest absolute Gasteiger partial charge is 0.495 e. The summed E-state index contributed by atoms with van der Waals surface area (Å²) in [4.78, 5) is 0. The van der Waals surface area contributed by atoms with Gasteiger partial charge in [-0.3, -0.25) is 0 Å². The van der Waals surface area contributed by atoms with Gasteiger partial charge in [-0.1, -0.05) is 24.4 Å². The summed E-state index contributed by atoms with van der Waals surface area (Å²) >= 11 is 6.42. The van der Waals surface area contributed by atoms with Crippen molar-refractivity contribution < 1.29 is 4.74 Å². The summed E-state index contributed by atoms with van der Waals surface area (Å²) in [6.07, 6.45) is 8.47. The highest BCUT2D eigenvalue weighted by Gasteiger charge is 2.36. The Morgan fingerprint density at radius 1 is 1.21 bits per heavy atom. The normalized spacial score (nSPS) is 22.3. The van der Waals surface area contributed by atoms with Crippen molar-refractivity contribution in [3.8, 4) is 5.75 Å². The minimum absolute atomic E-state index is 0.150. The molecular weight excluding hydrogens is 258 g/mol. The van der Waals surface area contributed by atoms with Gasteiger partial charge in [0.2, 0.25) is 0 Å². The fourth-order valence-electron chi connectivity index (χ4n) is 3.50. The molecule has 1 aromatic rings. The average Bonchev–Trinajstić information content (AvgIpc) is 2.88. The number of nitrogens with two attached hydrogens (primary N) is 1. The van der Waals surface area contributed by atoms with Crippen LogP contribution < -0.4 is 10.5 Å². The number of halogens is 1. The Balaban J connectivity index is 2.04. The number of hydrogen-bond donors (Lipinski definition) is 1. The molecule has 2 saturated carbocycles. The third-order valence-corrected chi connectivity index (χ3v) is 5.17. The molecule has 2 aliphatic carbocycles. The molecule has 0 atom stereocenters. The molecule has 0 radical (unpaired) electrons. The van der Waals surface area contributed by atoms with E-state index in [0.29, 0.717) is 5.92 Å². The van der Waals surface area contributed by atoms with E-state index >= 15 is 0 Å². The van der Waals surface area contributed by atoms with Crippen LogP contribution in [-0.4, -0.2) is 7.11 Å². The zero-order chi connectivity index (χ0) is 13.5. The van der Waals surface area contributed by atoms with Crippen LogP contribution in [0.2, 0.25) is 5.02 Å². The fraction of sp³-hybridized carbons (Fsp3) is 0.625. The third kappa shape index (κ3) is 2.25. The highest BCUT2D eigenvalue weighted by Crippen LogP contribution is 2.46. The van der Waals surface area contributed by atoms with Crippen LogP contribution in [0.5, 0.6) is 5.75 Å². The molecular formula is C16H22ClNO. The number of methoxy groups -OCH3 is 1. The van der Waals surface area contributed by atoms with Gasteiger partial charge in [0.15, 0.2) is 0 Å². The highest BCUT2D eigenvalue weighted by atomic mass is 35.5. The molecule has 0 saturated heterocycles. The van der Waals surface area contributed by atoms with Gasteiger partial charge in [0, 0.05) is 5.54 Å². The van der Waals surface area contributed by atoms with Gasteiger partial charge in [-0.25, -0.2) is 0 Å². The molecule has 104 valence electrons. The molecule has 0 spiro atoms. The van der Waals surface area contributed by atoms with Crippen LogP contribution in [0.15, 0.2) is 12.1 Å². The Labute approximate surface area is 120 Å². The number of benzene rings is 1. The van der Waals surface area contributed by atoms with E-state index in [4.69, 9.17) is 22.1 Å². The first-order chi connectivity index (χ1) is 9.14. The van der Waals surface area contributed by atoms with Gasteiger partial charge in [-0.15, -0.1) is 0 Å². The zero-order valence-corrected chi connectivity index (χ0v) is 12.3. The van der Waals surface area contributed by atoms with Crippen molar-refractivity contribution in [2.75, 3.05) is 7.11 Å². The van der Waals surface area contributed by atoms with Crippen molar-refractivity contribution in [2.45, 2.75) is 56.4 Å². The van der Waals surface area contributed by atoms with Crippen LogP contribution in [0.4, 0.5) is 0 Å². The maximum absolute atomic E-state index is 6.45. The van der Waals surface area contributed by atoms with Crippen molar-refractivity contribution >= 4 is 11.6 Å². The summed E-state index contributed by atoms with van der Waals surface area (Å²) in [5, 5.41) is 0.721. The molecule has 0 aliphatic heterocycles. The predicted molar refractivity (Wildman–Crippen MR) is 78.9 cm³/mol. The smallest absolute Gasteiger partial charge is 0.140 e. The van der Waals surface area contributed by atoms with Crippen LogP contribution in [0.3, 0.4) is 0 Å². The second-order valence-corrected chi connectivity index (χ2v) is 6.48. The molecule has 2 N–H and O–H groups in total. The number of rotatable bonds is 3. The van der Waals surface area contributed by atoms with Crippen molar-refractivity contribution in [3.63, 3.8) is 0 Å². The van der Waals surface area contributed by atoms with Crippen LogP contribution in [-0.2, 0) is 5.54 Å². The summed E-state index contributed by atoms with van der Waals surface area (Å²) in [7, 11) is 1.71. The van der Waals surface area contributed by atoms with E-state index in [9.17, 15) is 0 Å². The second-order valence-electron chi connectivity index (χ2n) is 6.07. The van der Waals surface area contributed by atoms with Crippen LogP contribution in [0.25, 0.3) is 0 Å². The lowest BCUT2D eigenvalue weighted by molar-refractivity contribution is 0.253. The molecule has 3 rings (SSSR count). The minimum atomic E-state index is -0.150. The van der Waals surface area contributed by atoms with E-state index < -0.39 is 0 Å². The minimum Gasteiger partial charge on any atom is -0.495 e. The van der Waals surface area contributed by atoms with Crippen molar-refractivity contribution in [3.05, 3.63) is 28.3 Å². The molecule has 19 heavy (non-hydrogen) atoms. The van der Waals surface area contributed by atoms with Gasteiger partial charge in [0.1, 0.15) is 5.75 Å². The predicted octanol–water partition coefficient (Wildman–Crippen LogP) is 4.34. The zero-order valence-electron chi connectivity index (χ0n) is 11.5. The lowest BCUT2D eigenvalue weighted by Gasteiger charge is -2.39. The first-order valence-corrected chi connectivity index (χ1v) is 7.68. The Kier molecular flexibility index (Phi) is 3.48. The maximum atomic E-state index is 6.45. The lowest BCUT2D eigenvalue weighted by atomic mass is 9.72. The monoisotopic (exact) mass is 279 g/mol. The topological polar surface area (TPSA) is 35.2 Å². The molecule has 0 aromatic heterocycles. The van der Waals surface area contributed by atoms with Crippen LogP contribution >= 0.6 is 11.6 Å². The van der Waals surface area contributed by atoms with E-state index in [0.717, 1.165) is 23.6 Å². The van der Waals surface area contributed by atoms with Crippen molar-refractivity contribution in [2.24, 2.45) is 5.73 Å². The summed E-state index contributed by atoms with van der Waals surface area (Å²) < 4.78 is 5.54. The molecule has 0 heterocycles. The quantitative estimate of drug-likeness (QED) is 0.893. The van der Waals surface area contributed by atoms with Crippen molar-refractivity contribution in [1.29, 1.82) is 0 Å². The number of hydrogen-bond acceptors (Lipinski definition) is 2. The Morgan fingerprint density at radius 2 is 1.89 bits per heavy atom. The van der Waals surface area contributed by atoms with E-state index in [1.54, 1.807) is 7.11 Å².